The predicted octanol–water partition coefficient (Wildman–Crippen LogP) is 1.99. The monoisotopic (exact) mass is 435 g/mol. The molecule has 1 aliphatic rings. The van der Waals surface area contributed by atoms with Gasteiger partial charge in [0.2, 0.25) is 15.9 Å². The summed E-state index contributed by atoms with van der Waals surface area (Å²) in [6.07, 6.45) is 0. The molecule has 1 saturated heterocycles. The van der Waals surface area contributed by atoms with Crippen molar-refractivity contribution in [3.8, 4) is 0 Å². The third kappa shape index (κ3) is 5.56. The molecule has 0 atom stereocenters. The van der Waals surface area contributed by atoms with E-state index >= 15 is 0 Å². The van der Waals surface area contributed by atoms with E-state index < -0.39 is 10.0 Å². The zero-order valence-electron chi connectivity index (χ0n) is 16.9. The quantitative estimate of drug-likeness (QED) is 0.686. The third-order valence-electron chi connectivity index (χ3n) is 4.93. The molecule has 1 aliphatic heterocycles. The molecule has 1 N–H and O–H groups in total. The Labute approximate surface area is 176 Å². The van der Waals surface area contributed by atoms with Crippen LogP contribution in [0.25, 0.3) is 0 Å². The van der Waals surface area contributed by atoms with Crippen LogP contribution in [-0.2, 0) is 26.1 Å². The fourth-order valence-electron chi connectivity index (χ4n) is 3.18. The number of benzene rings is 2. The molecular formula is C21H26FN3O4S. The number of ether oxygens (including phenoxy) is 1. The molecule has 0 radical (unpaired) electrons. The zero-order valence-corrected chi connectivity index (χ0v) is 17.7. The van der Waals surface area contributed by atoms with Crippen molar-refractivity contribution < 1.29 is 22.3 Å². The highest BCUT2D eigenvalue weighted by Crippen LogP contribution is 2.18. The molecular weight excluding hydrogens is 409 g/mol. The molecule has 162 valence electrons. The van der Waals surface area contributed by atoms with Gasteiger partial charge in [0.15, 0.2) is 0 Å². The average Bonchev–Trinajstić information content (AvgIpc) is 2.77. The molecule has 1 fully saturated rings. The number of halogens is 1. The Bertz CT molecular complexity index is 943. The molecule has 7 nitrogen and oxygen atoms in total. The number of anilines is 1. The number of carbonyl (C=O) groups excluding carboxylic acids is 1. The summed E-state index contributed by atoms with van der Waals surface area (Å²) in [6.45, 7) is 4.46. The Morgan fingerprint density at radius 2 is 1.73 bits per heavy atom. The largest absolute Gasteiger partial charge is 0.379 e. The fourth-order valence-corrected chi connectivity index (χ4v) is 4.59. The number of rotatable bonds is 8. The van der Waals surface area contributed by atoms with Crippen LogP contribution in [0.5, 0.6) is 0 Å². The minimum absolute atomic E-state index is 0.144. The van der Waals surface area contributed by atoms with Crippen molar-refractivity contribution in [2.75, 3.05) is 44.3 Å². The summed E-state index contributed by atoms with van der Waals surface area (Å²) < 4.78 is 45.0. The Hall–Kier alpha value is -2.49. The van der Waals surface area contributed by atoms with Crippen LogP contribution in [0.2, 0.25) is 0 Å². The lowest BCUT2D eigenvalue weighted by Gasteiger charge is -2.26. The number of amides is 1. The van der Waals surface area contributed by atoms with Gasteiger partial charge in [0.1, 0.15) is 5.82 Å². The van der Waals surface area contributed by atoms with E-state index in [9.17, 15) is 17.6 Å². The number of carbonyl (C=O) groups is 1. The van der Waals surface area contributed by atoms with Crippen molar-refractivity contribution in [2.24, 2.45) is 0 Å². The van der Waals surface area contributed by atoms with E-state index in [1.807, 2.05) is 11.8 Å². The van der Waals surface area contributed by atoms with Gasteiger partial charge in [0, 0.05) is 31.9 Å². The van der Waals surface area contributed by atoms with Gasteiger partial charge < -0.3 is 15.0 Å². The molecule has 0 aromatic heterocycles. The van der Waals surface area contributed by atoms with E-state index in [-0.39, 0.29) is 29.7 Å². The van der Waals surface area contributed by atoms with Crippen LogP contribution in [0, 0.1) is 5.82 Å². The summed E-state index contributed by atoms with van der Waals surface area (Å²) in [5, 5.41) is 2.84. The minimum atomic E-state index is -3.53. The molecule has 0 unspecified atom stereocenters. The first-order chi connectivity index (χ1) is 14.4. The van der Waals surface area contributed by atoms with Crippen LogP contribution in [0.4, 0.5) is 10.1 Å². The number of nitrogens with zero attached hydrogens (tertiary/aromatic N) is 2. The van der Waals surface area contributed by atoms with Crippen LogP contribution in [-0.4, -0.2) is 58.0 Å². The van der Waals surface area contributed by atoms with Gasteiger partial charge in [0.05, 0.1) is 24.7 Å². The number of sulfonamides is 1. The zero-order chi connectivity index (χ0) is 21.6. The summed E-state index contributed by atoms with van der Waals surface area (Å²) in [6, 6.07) is 12.5. The lowest BCUT2D eigenvalue weighted by molar-refractivity contribution is -0.119. The SMILES string of the molecule is CCN(CC(=O)NCc1ccc(S(=O)(=O)N2CCOCC2)cc1)c1ccc(F)cc1. The van der Waals surface area contributed by atoms with E-state index in [2.05, 4.69) is 5.32 Å². The molecule has 0 bridgehead atoms. The normalized spacial score (nSPS) is 15.0. The van der Waals surface area contributed by atoms with E-state index in [0.29, 0.717) is 32.8 Å². The van der Waals surface area contributed by atoms with Gasteiger partial charge in [-0.15, -0.1) is 0 Å². The highest BCUT2D eigenvalue weighted by molar-refractivity contribution is 7.89. The van der Waals surface area contributed by atoms with E-state index in [1.165, 1.54) is 16.4 Å². The maximum absolute atomic E-state index is 13.1. The van der Waals surface area contributed by atoms with Gasteiger partial charge in [-0.3, -0.25) is 4.79 Å². The first-order valence-electron chi connectivity index (χ1n) is 9.84. The summed E-state index contributed by atoms with van der Waals surface area (Å²) in [4.78, 5) is 14.4. The van der Waals surface area contributed by atoms with Crippen LogP contribution < -0.4 is 10.2 Å². The van der Waals surface area contributed by atoms with E-state index in [0.717, 1.165) is 11.3 Å². The van der Waals surface area contributed by atoms with Gasteiger partial charge in [0.25, 0.3) is 0 Å². The minimum Gasteiger partial charge on any atom is -0.379 e. The number of likely N-dealkylation sites (N-methyl/N-ethyl adjacent to an activating group) is 1. The van der Waals surface area contributed by atoms with E-state index in [1.54, 1.807) is 36.4 Å². The second-order valence-corrected chi connectivity index (χ2v) is 8.87. The third-order valence-corrected chi connectivity index (χ3v) is 6.84. The number of hydrogen-bond acceptors (Lipinski definition) is 5. The number of nitrogens with one attached hydrogen (secondary N) is 1. The summed E-state index contributed by atoms with van der Waals surface area (Å²) in [7, 11) is -3.53. The topological polar surface area (TPSA) is 79.0 Å². The maximum atomic E-state index is 13.1. The second-order valence-electron chi connectivity index (χ2n) is 6.93. The van der Waals surface area contributed by atoms with Crippen molar-refractivity contribution in [2.45, 2.75) is 18.4 Å². The molecule has 0 saturated carbocycles. The van der Waals surface area contributed by atoms with Crippen LogP contribution >= 0.6 is 0 Å². The van der Waals surface area contributed by atoms with E-state index in [4.69, 9.17) is 4.74 Å². The maximum Gasteiger partial charge on any atom is 0.243 e. The first kappa shape index (κ1) is 22.2. The summed E-state index contributed by atoms with van der Waals surface area (Å²) in [5.41, 5.74) is 1.57. The van der Waals surface area contributed by atoms with Gasteiger partial charge in [-0.25, -0.2) is 12.8 Å². The van der Waals surface area contributed by atoms with Gasteiger partial charge >= 0.3 is 0 Å². The Morgan fingerprint density at radius 3 is 2.33 bits per heavy atom. The molecule has 1 amide bonds. The summed E-state index contributed by atoms with van der Waals surface area (Å²) >= 11 is 0. The Kier molecular flexibility index (Phi) is 7.41. The standard InChI is InChI=1S/C21H26FN3O4S/c1-2-24(19-7-5-18(22)6-8-19)16-21(26)23-15-17-3-9-20(10-4-17)30(27,28)25-11-13-29-14-12-25/h3-10H,2,11-16H2,1H3,(H,23,26). The highest BCUT2D eigenvalue weighted by Gasteiger charge is 2.26. The average molecular weight is 436 g/mol. The molecule has 0 spiro atoms. The molecule has 0 aliphatic carbocycles. The van der Waals surface area contributed by atoms with Gasteiger partial charge in [-0.1, -0.05) is 12.1 Å². The fraction of sp³-hybridized carbons (Fsp3) is 0.381. The molecule has 1 heterocycles. The van der Waals surface area contributed by atoms with Crippen LogP contribution in [0.3, 0.4) is 0 Å². The number of hydrogen-bond donors (Lipinski definition) is 1. The van der Waals surface area contributed by atoms with Crippen LogP contribution in [0.15, 0.2) is 53.4 Å². The van der Waals surface area contributed by atoms with Crippen LogP contribution in [0.1, 0.15) is 12.5 Å². The first-order valence-corrected chi connectivity index (χ1v) is 11.3. The van der Waals surface area contributed by atoms with Gasteiger partial charge in [-0.2, -0.15) is 4.31 Å². The van der Waals surface area contributed by atoms with Gasteiger partial charge in [-0.05, 0) is 48.9 Å². The smallest absolute Gasteiger partial charge is 0.243 e. The molecule has 30 heavy (non-hydrogen) atoms. The Morgan fingerprint density at radius 1 is 1.10 bits per heavy atom. The predicted molar refractivity (Wildman–Crippen MR) is 112 cm³/mol. The van der Waals surface area contributed by atoms with Crippen molar-refractivity contribution >= 4 is 21.6 Å². The molecule has 2 aromatic carbocycles. The molecule has 3 rings (SSSR count). The van der Waals surface area contributed by atoms with Crippen molar-refractivity contribution in [1.29, 1.82) is 0 Å². The van der Waals surface area contributed by atoms with Crippen molar-refractivity contribution in [1.82, 2.24) is 9.62 Å². The number of morpholine rings is 1. The summed E-state index contributed by atoms with van der Waals surface area (Å²) in [5.74, 6) is -0.496. The molecule has 9 heteroatoms. The van der Waals surface area contributed by atoms with Crippen molar-refractivity contribution in [3.63, 3.8) is 0 Å². The molecule has 2 aromatic rings. The second kappa shape index (κ2) is 10.0. The van der Waals surface area contributed by atoms with Crippen molar-refractivity contribution in [3.05, 3.63) is 59.9 Å². The highest BCUT2D eigenvalue weighted by atomic mass is 32.2. The lowest BCUT2D eigenvalue weighted by atomic mass is 10.2. The Balaban J connectivity index is 1.55. The lowest BCUT2D eigenvalue weighted by Crippen LogP contribution is -2.40.